The van der Waals surface area contributed by atoms with Gasteiger partial charge in [0.05, 0.1) is 23.0 Å². The molecule has 2 N–H and O–H groups in total. The number of fused-ring (bicyclic) bond motifs is 4. The summed E-state index contributed by atoms with van der Waals surface area (Å²) in [7, 11) is 0. The Labute approximate surface area is 210 Å². The lowest BCUT2D eigenvalue weighted by Crippen LogP contribution is -2.58. The van der Waals surface area contributed by atoms with Crippen LogP contribution in [0.25, 0.3) is 10.9 Å². The first kappa shape index (κ1) is 23.8. The maximum absolute atomic E-state index is 15.4. The van der Waals surface area contributed by atoms with Gasteiger partial charge in [0.1, 0.15) is 30.3 Å². The summed E-state index contributed by atoms with van der Waals surface area (Å²) in [5.74, 6) is -0.558. The van der Waals surface area contributed by atoms with Gasteiger partial charge in [0.25, 0.3) is 0 Å². The molecule has 0 unspecified atom stereocenters. The van der Waals surface area contributed by atoms with Crippen LogP contribution in [0.4, 0.5) is 23.8 Å². The van der Waals surface area contributed by atoms with Crippen molar-refractivity contribution < 1.29 is 27.8 Å². The topological polar surface area (TPSA) is 104 Å². The number of hydrogen-bond donors (Lipinski definition) is 2. The van der Waals surface area contributed by atoms with E-state index in [1.807, 2.05) is 0 Å². The van der Waals surface area contributed by atoms with Gasteiger partial charge < -0.3 is 20.1 Å². The molecule has 6 atom stereocenters. The number of amides is 1. The fourth-order valence-electron chi connectivity index (χ4n) is 6.68. The van der Waals surface area contributed by atoms with Crippen LogP contribution >= 0.6 is 11.6 Å². The quantitative estimate of drug-likeness (QED) is 0.571. The van der Waals surface area contributed by atoms with Crippen LogP contribution in [0.3, 0.4) is 0 Å². The first-order valence-corrected chi connectivity index (χ1v) is 12.6. The summed E-state index contributed by atoms with van der Waals surface area (Å²) in [6, 6.07) is -1.80. The lowest BCUT2D eigenvalue weighted by Gasteiger charge is -2.42. The number of anilines is 1. The van der Waals surface area contributed by atoms with Crippen LogP contribution in [0.5, 0.6) is 6.01 Å². The molecule has 0 saturated carbocycles. The van der Waals surface area contributed by atoms with Crippen LogP contribution in [-0.4, -0.2) is 86.8 Å². The highest BCUT2D eigenvalue weighted by atomic mass is 35.5. The Balaban J connectivity index is 1.36. The van der Waals surface area contributed by atoms with Crippen molar-refractivity contribution >= 4 is 34.4 Å². The zero-order chi connectivity index (χ0) is 25.2. The molecule has 2 aromatic heterocycles. The van der Waals surface area contributed by atoms with E-state index in [1.165, 1.54) is 6.20 Å². The summed E-state index contributed by atoms with van der Waals surface area (Å²) >= 11 is 5.93. The highest BCUT2D eigenvalue weighted by molar-refractivity contribution is 6.30. The molecule has 0 spiro atoms. The molecule has 6 rings (SSSR count). The third-order valence-electron chi connectivity index (χ3n) is 8.21. The van der Waals surface area contributed by atoms with Crippen LogP contribution in [0.1, 0.15) is 38.5 Å². The number of hydrogen-bond acceptors (Lipinski definition) is 7. The third-order valence-corrected chi connectivity index (χ3v) is 8.47. The van der Waals surface area contributed by atoms with Gasteiger partial charge in [-0.2, -0.15) is 9.97 Å². The number of nitrogens with one attached hydrogen (secondary N) is 1. The second kappa shape index (κ2) is 8.76. The predicted molar refractivity (Wildman–Crippen MR) is 125 cm³/mol. The summed E-state index contributed by atoms with van der Waals surface area (Å²) in [5, 5.41) is 11.3. The lowest BCUT2D eigenvalue weighted by molar-refractivity contribution is 0.107. The number of nitrogens with zero attached hydrogens (tertiary/aromatic N) is 5. The van der Waals surface area contributed by atoms with Crippen molar-refractivity contribution in [1.29, 1.82) is 0 Å². The average Bonchev–Trinajstić information content (AvgIpc) is 3.47. The van der Waals surface area contributed by atoms with Gasteiger partial charge in [-0.3, -0.25) is 4.90 Å². The van der Waals surface area contributed by atoms with Gasteiger partial charge in [-0.15, -0.1) is 0 Å². The summed E-state index contributed by atoms with van der Waals surface area (Å²) in [5.41, 5.74) is -0.540. The smallest absolute Gasteiger partial charge is 0.404 e. The zero-order valence-electron chi connectivity index (χ0n) is 19.3. The Hall–Kier alpha value is -2.60. The second-order valence-corrected chi connectivity index (χ2v) is 10.6. The molecule has 4 aliphatic rings. The number of ether oxygens (including phenoxy) is 1. The van der Waals surface area contributed by atoms with Crippen molar-refractivity contribution in [2.24, 2.45) is 0 Å². The molecule has 4 fully saturated rings. The van der Waals surface area contributed by atoms with Crippen LogP contribution in [0.15, 0.2) is 6.20 Å². The van der Waals surface area contributed by atoms with E-state index < -0.39 is 41.9 Å². The van der Waals surface area contributed by atoms with Crippen LogP contribution in [-0.2, 0) is 0 Å². The largest absolute Gasteiger partial charge is 0.465 e. The van der Waals surface area contributed by atoms with E-state index in [-0.39, 0.29) is 47.0 Å². The Morgan fingerprint density at radius 3 is 2.97 bits per heavy atom. The highest BCUT2D eigenvalue weighted by Crippen LogP contribution is 2.44. The maximum atomic E-state index is 15.4. The Morgan fingerprint density at radius 2 is 2.17 bits per heavy atom. The predicted octanol–water partition coefficient (Wildman–Crippen LogP) is 3.49. The zero-order valence-corrected chi connectivity index (χ0v) is 20.1. The monoisotopic (exact) mass is 526 g/mol. The molecule has 36 heavy (non-hydrogen) atoms. The highest BCUT2D eigenvalue weighted by Gasteiger charge is 2.51. The molecule has 6 heterocycles. The van der Waals surface area contributed by atoms with Crippen LogP contribution in [0.2, 0.25) is 5.15 Å². The molecular weight excluding hydrogens is 501 g/mol. The third kappa shape index (κ3) is 3.80. The summed E-state index contributed by atoms with van der Waals surface area (Å²) in [6.45, 7) is 1.32. The van der Waals surface area contributed by atoms with Crippen molar-refractivity contribution in [3.63, 3.8) is 0 Å². The number of piperidine rings is 1. The number of halogens is 4. The minimum absolute atomic E-state index is 0.0915. The van der Waals surface area contributed by atoms with E-state index in [9.17, 15) is 9.18 Å². The lowest BCUT2D eigenvalue weighted by atomic mass is 9.95. The summed E-state index contributed by atoms with van der Waals surface area (Å²) in [6.07, 6.45) is 1.12. The molecule has 9 nitrogen and oxygen atoms in total. The number of carbonyl (C=O) groups is 1. The van der Waals surface area contributed by atoms with E-state index >= 15 is 8.78 Å². The second-order valence-electron chi connectivity index (χ2n) is 10.3. The van der Waals surface area contributed by atoms with Gasteiger partial charge in [-0.1, -0.05) is 11.6 Å². The number of alkyl halides is 2. The number of rotatable bonds is 5. The molecule has 0 aliphatic carbocycles. The van der Waals surface area contributed by atoms with Gasteiger partial charge >= 0.3 is 12.1 Å². The number of carboxylic acid groups (broad SMARTS) is 1. The van der Waals surface area contributed by atoms with E-state index in [1.54, 1.807) is 4.90 Å². The number of pyridine rings is 1. The molecule has 13 heteroatoms. The first-order chi connectivity index (χ1) is 17.3. The van der Waals surface area contributed by atoms with Crippen molar-refractivity contribution in [2.75, 3.05) is 24.6 Å². The summed E-state index contributed by atoms with van der Waals surface area (Å²) < 4.78 is 50.7. The van der Waals surface area contributed by atoms with Crippen LogP contribution in [0, 0.1) is 5.82 Å². The standard InChI is InChI=1S/C23H26ClF3N6O3/c24-19-17(27)18-13(8-28-19)20(33-12-2-3-15(33)16(26)14(6-12)29-22(34)35)31-21(30-18)36-10-23-4-1-5-32(23)9-11(25)7-23/h8,11-12,14-16,29H,1-7,9-10H2,(H,34,35)/t11-,12+,14-,15-,16+,23+/m1/s1. The van der Waals surface area contributed by atoms with Crippen molar-refractivity contribution in [3.8, 4) is 6.01 Å². The maximum Gasteiger partial charge on any atom is 0.404 e. The van der Waals surface area contributed by atoms with Crippen LogP contribution < -0.4 is 15.0 Å². The molecule has 4 saturated heterocycles. The Morgan fingerprint density at radius 1 is 1.33 bits per heavy atom. The fourth-order valence-corrected chi connectivity index (χ4v) is 6.82. The Kier molecular flexibility index (Phi) is 5.78. The van der Waals surface area contributed by atoms with E-state index in [0.29, 0.717) is 25.8 Å². The molecule has 0 aromatic carbocycles. The average molecular weight is 527 g/mol. The first-order valence-electron chi connectivity index (χ1n) is 12.2. The van der Waals surface area contributed by atoms with Gasteiger partial charge in [0, 0.05) is 25.2 Å². The molecule has 2 bridgehead atoms. The minimum Gasteiger partial charge on any atom is -0.465 e. The normalized spacial score (nSPS) is 33.8. The van der Waals surface area contributed by atoms with Gasteiger partial charge in [0.2, 0.25) is 0 Å². The van der Waals surface area contributed by atoms with Crippen molar-refractivity contribution in [3.05, 3.63) is 17.2 Å². The molecule has 194 valence electrons. The summed E-state index contributed by atoms with van der Waals surface area (Å²) in [4.78, 5) is 27.8. The van der Waals surface area contributed by atoms with Gasteiger partial charge in [0.15, 0.2) is 11.0 Å². The molecule has 1 amide bonds. The molecule has 0 radical (unpaired) electrons. The van der Waals surface area contributed by atoms with E-state index in [4.69, 9.17) is 21.4 Å². The SMILES string of the molecule is O=C(O)N[C@@H]1C[C@@H]2CC[C@H]([C@H]1F)N2c1nc(OC[C@@]23CCCN2C[C@H](F)C3)nc2c(F)c(Cl)ncc12. The van der Waals surface area contributed by atoms with E-state index in [2.05, 4.69) is 25.2 Å². The van der Waals surface area contributed by atoms with E-state index in [0.717, 1.165) is 19.4 Å². The van der Waals surface area contributed by atoms with Crippen molar-refractivity contribution in [2.45, 2.75) is 74.5 Å². The molecule has 2 aromatic rings. The number of aromatic nitrogens is 3. The van der Waals surface area contributed by atoms with Crippen molar-refractivity contribution in [1.82, 2.24) is 25.2 Å². The Bertz CT molecular complexity index is 1210. The minimum atomic E-state index is -1.48. The fraction of sp³-hybridized carbons (Fsp3) is 0.652. The van der Waals surface area contributed by atoms with Gasteiger partial charge in [-0.25, -0.2) is 22.9 Å². The molecular formula is C23H26ClF3N6O3. The van der Waals surface area contributed by atoms with Gasteiger partial charge in [-0.05, 0) is 38.6 Å². The molecule has 4 aliphatic heterocycles.